The number of hydrogen-bond acceptors (Lipinski definition) is 7. The first-order valence-electron chi connectivity index (χ1n) is 12.8. The third kappa shape index (κ3) is 4.55. The Kier molecular flexibility index (Phi) is 6.30. The summed E-state index contributed by atoms with van der Waals surface area (Å²) in [4.78, 5) is 38.6. The molecule has 0 spiro atoms. The van der Waals surface area contributed by atoms with Crippen LogP contribution in [0.5, 0.6) is 11.5 Å². The minimum atomic E-state index is -0.323. The number of guanidine groups is 1. The monoisotopic (exact) mass is 502 g/mol. The minimum Gasteiger partial charge on any atom is -0.493 e. The number of nitrogens with one attached hydrogen (secondary N) is 2. The Hall–Kier alpha value is -3.85. The number of rotatable bonds is 1. The first kappa shape index (κ1) is 23.5. The normalized spacial score (nSPS) is 25.6. The molecule has 3 atom stereocenters. The summed E-state index contributed by atoms with van der Waals surface area (Å²) in [5.41, 5.74) is 6.15. The van der Waals surface area contributed by atoms with Crippen molar-refractivity contribution in [3.8, 4) is 11.5 Å². The molecule has 2 amide bonds. The molecule has 2 aromatic carbocycles. The lowest BCUT2D eigenvalue weighted by Crippen LogP contribution is -2.51. The van der Waals surface area contributed by atoms with Gasteiger partial charge in [-0.15, -0.1) is 0 Å². The predicted octanol–water partition coefficient (Wildman–Crippen LogP) is 3.68. The lowest BCUT2D eigenvalue weighted by Gasteiger charge is -2.39. The Balaban J connectivity index is 1.44. The van der Waals surface area contributed by atoms with Crippen LogP contribution in [0.25, 0.3) is 6.08 Å². The van der Waals surface area contributed by atoms with Crippen molar-refractivity contribution in [2.75, 3.05) is 20.3 Å². The van der Waals surface area contributed by atoms with Gasteiger partial charge in [0.2, 0.25) is 11.9 Å². The lowest BCUT2D eigenvalue weighted by atomic mass is 9.94. The van der Waals surface area contributed by atoms with E-state index in [4.69, 9.17) is 19.3 Å². The molecule has 0 aromatic heterocycles. The van der Waals surface area contributed by atoms with Crippen LogP contribution >= 0.6 is 0 Å². The van der Waals surface area contributed by atoms with Crippen molar-refractivity contribution in [3.63, 3.8) is 0 Å². The molecule has 0 saturated carbocycles. The second kappa shape index (κ2) is 9.89. The van der Waals surface area contributed by atoms with Gasteiger partial charge in [0, 0.05) is 36.0 Å². The molecule has 0 aliphatic carbocycles. The van der Waals surface area contributed by atoms with Gasteiger partial charge in [0.05, 0.1) is 38.4 Å². The Morgan fingerprint density at radius 3 is 2.70 bits per heavy atom. The summed E-state index contributed by atoms with van der Waals surface area (Å²) in [7, 11) is 1.51. The Morgan fingerprint density at radius 2 is 1.84 bits per heavy atom. The molecule has 37 heavy (non-hydrogen) atoms. The predicted molar refractivity (Wildman–Crippen MR) is 137 cm³/mol. The topological polar surface area (TPSA) is 101 Å². The van der Waals surface area contributed by atoms with Crippen molar-refractivity contribution in [2.24, 2.45) is 4.99 Å². The molecule has 5 aliphatic heterocycles. The fourth-order valence-electron chi connectivity index (χ4n) is 5.56. The maximum Gasteiger partial charge on any atom is 0.251 e. The smallest absolute Gasteiger partial charge is 0.251 e. The fraction of sp³-hybridized carbons (Fsp3) is 0.393. The molecule has 9 heteroatoms. The number of benzene rings is 2. The molecule has 5 aliphatic rings. The molecule has 2 aromatic rings. The van der Waals surface area contributed by atoms with Crippen LogP contribution in [0.15, 0.2) is 47.5 Å². The zero-order valence-electron chi connectivity index (χ0n) is 20.7. The van der Waals surface area contributed by atoms with Crippen molar-refractivity contribution in [1.82, 2.24) is 15.7 Å². The second-order valence-electron chi connectivity index (χ2n) is 9.73. The van der Waals surface area contributed by atoms with E-state index in [1.165, 1.54) is 7.11 Å². The zero-order chi connectivity index (χ0) is 25.4. The molecule has 6 bridgehead atoms. The molecular formula is C28H30N4O5. The van der Waals surface area contributed by atoms with E-state index in [-0.39, 0.29) is 29.9 Å². The van der Waals surface area contributed by atoms with Crippen LogP contribution in [0.4, 0.5) is 0 Å². The van der Waals surface area contributed by atoms with Gasteiger partial charge in [-0.1, -0.05) is 18.2 Å². The van der Waals surface area contributed by atoms with E-state index in [0.29, 0.717) is 49.7 Å². The van der Waals surface area contributed by atoms with Crippen LogP contribution < -0.4 is 20.3 Å². The number of allylic oxidation sites excluding steroid dienone is 1. The molecule has 5 heterocycles. The lowest BCUT2D eigenvalue weighted by molar-refractivity contribution is -0.131. The molecule has 2 unspecified atom stereocenters. The van der Waals surface area contributed by atoms with E-state index in [1.54, 1.807) is 11.0 Å². The van der Waals surface area contributed by atoms with Crippen LogP contribution in [0, 0.1) is 0 Å². The van der Waals surface area contributed by atoms with E-state index in [9.17, 15) is 9.59 Å². The molecule has 9 nitrogen and oxygen atoms in total. The Labute approximate surface area is 215 Å². The maximum absolute atomic E-state index is 13.5. The summed E-state index contributed by atoms with van der Waals surface area (Å²) in [5.74, 6) is 1.66. The molecular weight excluding hydrogens is 472 g/mol. The molecule has 0 fully saturated rings. The van der Waals surface area contributed by atoms with Crippen molar-refractivity contribution in [1.29, 1.82) is 0 Å². The summed E-state index contributed by atoms with van der Waals surface area (Å²) in [6, 6.07) is 10.8. The van der Waals surface area contributed by atoms with Crippen LogP contribution in [-0.2, 0) is 9.63 Å². The van der Waals surface area contributed by atoms with Gasteiger partial charge in [-0.25, -0.2) is 10.5 Å². The van der Waals surface area contributed by atoms with Crippen molar-refractivity contribution in [2.45, 2.75) is 50.2 Å². The van der Waals surface area contributed by atoms with Gasteiger partial charge < -0.3 is 14.8 Å². The third-order valence-electron chi connectivity index (χ3n) is 7.35. The van der Waals surface area contributed by atoms with Crippen molar-refractivity contribution < 1.29 is 23.9 Å². The Morgan fingerprint density at radius 1 is 1.03 bits per heavy atom. The molecule has 2 N–H and O–H groups in total. The number of aliphatic imine (C=N–C) groups is 1. The standard InChI is InChI=1S/C28H30N4O5/c1-35-31-28-29-19-5-3-2-4-17-6-8-24-20(14-17)22(10-12-36-24)30-27(34)18-7-9-25-21(15-18)23(11-13-37-25)32(28)26(33)16-19/h2,4,6-9,14-15,19,22-23H,3,5,10-13,16H2,1H3,(H,29,31)(H,30,34)/b4-2-/t19?,22?,23-/m1/s1. The largest absolute Gasteiger partial charge is 0.493 e. The number of fused-ring (bicyclic) bond motifs is 4. The Bertz CT molecular complexity index is 1290. The van der Waals surface area contributed by atoms with Crippen molar-refractivity contribution >= 4 is 23.8 Å². The highest BCUT2D eigenvalue weighted by Gasteiger charge is 2.38. The average molecular weight is 503 g/mol. The number of amides is 2. The van der Waals surface area contributed by atoms with Gasteiger partial charge in [0.1, 0.15) is 11.5 Å². The SMILES string of the molecule is CONC1=NC2CC/C=C\c3ccc4c(c3)C(CCO4)NC(=O)c3ccc4c(c3)[C@@H](CCO4)N1C(=O)C2. The van der Waals surface area contributed by atoms with Crippen LogP contribution in [0.2, 0.25) is 0 Å². The van der Waals surface area contributed by atoms with Gasteiger partial charge in [-0.2, -0.15) is 0 Å². The first-order chi connectivity index (χ1) is 18.1. The van der Waals surface area contributed by atoms with Crippen LogP contribution in [0.1, 0.15) is 71.2 Å². The zero-order valence-corrected chi connectivity index (χ0v) is 20.7. The van der Waals surface area contributed by atoms with Crippen LogP contribution in [-0.4, -0.2) is 49.0 Å². The van der Waals surface area contributed by atoms with Gasteiger partial charge in [0.25, 0.3) is 5.91 Å². The molecule has 192 valence electrons. The van der Waals surface area contributed by atoms with E-state index < -0.39 is 0 Å². The number of ether oxygens (including phenoxy) is 2. The molecule has 0 saturated heterocycles. The van der Waals surface area contributed by atoms with Crippen molar-refractivity contribution in [3.05, 3.63) is 64.7 Å². The van der Waals surface area contributed by atoms with E-state index in [0.717, 1.165) is 35.3 Å². The number of carbonyl (C=O) groups excluding carboxylic acids is 2. The molecule has 7 rings (SSSR count). The highest BCUT2D eigenvalue weighted by Crippen LogP contribution is 2.39. The number of hydroxylamine groups is 1. The summed E-state index contributed by atoms with van der Waals surface area (Å²) >= 11 is 0. The van der Waals surface area contributed by atoms with Gasteiger partial charge in [-0.3, -0.25) is 19.3 Å². The highest BCUT2D eigenvalue weighted by atomic mass is 16.6. The maximum atomic E-state index is 13.5. The molecule has 0 radical (unpaired) electrons. The van der Waals surface area contributed by atoms with E-state index >= 15 is 0 Å². The first-order valence-corrected chi connectivity index (χ1v) is 12.8. The quantitative estimate of drug-likeness (QED) is 0.577. The van der Waals surface area contributed by atoms with Gasteiger partial charge in [-0.05, 0) is 48.7 Å². The minimum absolute atomic E-state index is 0.0280. The van der Waals surface area contributed by atoms with Gasteiger partial charge >= 0.3 is 0 Å². The average Bonchev–Trinajstić information content (AvgIpc) is 2.90. The van der Waals surface area contributed by atoms with Gasteiger partial charge in [0.15, 0.2) is 0 Å². The van der Waals surface area contributed by atoms with E-state index in [2.05, 4.69) is 29.0 Å². The summed E-state index contributed by atoms with van der Waals surface area (Å²) in [6.07, 6.45) is 7.28. The van der Waals surface area contributed by atoms with Crippen LogP contribution in [0.3, 0.4) is 0 Å². The summed E-state index contributed by atoms with van der Waals surface area (Å²) in [5, 5.41) is 3.20. The highest BCUT2D eigenvalue weighted by molar-refractivity contribution is 6.00. The number of carbonyl (C=O) groups is 2. The summed E-state index contributed by atoms with van der Waals surface area (Å²) in [6.45, 7) is 1.00. The van der Waals surface area contributed by atoms with E-state index in [1.807, 2.05) is 24.3 Å². The second-order valence-corrected chi connectivity index (χ2v) is 9.73. The number of hydrogen-bond donors (Lipinski definition) is 2. The number of nitrogens with zero attached hydrogens (tertiary/aromatic N) is 2. The third-order valence-corrected chi connectivity index (χ3v) is 7.35. The summed E-state index contributed by atoms with van der Waals surface area (Å²) < 4.78 is 11.8. The fourth-order valence-corrected chi connectivity index (χ4v) is 5.56.